The van der Waals surface area contributed by atoms with Gasteiger partial charge in [-0.05, 0) is 48.4 Å². The average molecular weight is 290 g/mol. The van der Waals surface area contributed by atoms with E-state index in [9.17, 15) is 4.79 Å². The third-order valence-corrected chi connectivity index (χ3v) is 3.15. The number of hydrogen-bond acceptors (Lipinski definition) is 2. The van der Waals surface area contributed by atoms with E-state index in [1.165, 1.54) is 5.56 Å². The van der Waals surface area contributed by atoms with Gasteiger partial charge < -0.3 is 16.4 Å². The summed E-state index contributed by atoms with van der Waals surface area (Å²) in [7, 11) is 0. The van der Waals surface area contributed by atoms with Crippen LogP contribution in [0.15, 0.2) is 42.5 Å². The van der Waals surface area contributed by atoms with Crippen LogP contribution in [0.4, 0.5) is 16.2 Å². The third-order valence-electron chi connectivity index (χ3n) is 2.92. The summed E-state index contributed by atoms with van der Waals surface area (Å²) in [4.78, 5) is 10.8. The highest BCUT2D eigenvalue weighted by Crippen LogP contribution is 2.19. The van der Waals surface area contributed by atoms with Crippen molar-refractivity contribution in [3.63, 3.8) is 0 Å². The summed E-state index contributed by atoms with van der Waals surface area (Å²) in [6, 6.07) is 12.6. The van der Waals surface area contributed by atoms with Gasteiger partial charge in [-0.1, -0.05) is 23.7 Å². The molecule has 2 rings (SSSR count). The van der Waals surface area contributed by atoms with Crippen molar-refractivity contribution >= 4 is 29.0 Å². The minimum atomic E-state index is -0.573. The number of halogens is 1. The molecule has 2 amide bonds. The molecular formula is C15H16ClN3O. The fourth-order valence-electron chi connectivity index (χ4n) is 1.90. The summed E-state index contributed by atoms with van der Waals surface area (Å²) in [5.41, 5.74) is 8.97. The molecule has 104 valence electrons. The summed E-state index contributed by atoms with van der Waals surface area (Å²) >= 11 is 5.93. The van der Waals surface area contributed by atoms with E-state index in [0.717, 1.165) is 16.3 Å². The molecule has 0 unspecified atom stereocenters. The first-order valence-electron chi connectivity index (χ1n) is 6.20. The minimum Gasteiger partial charge on any atom is -0.381 e. The summed E-state index contributed by atoms with van der Waals surface area (Å²) in [5, 5.41) is 6.58. The fraction of sp³-hybridized carbons (Fsp3) is 0.133. The van der Waals surface area contributed by atoms with Gasteiger partial charge in [-0.3, -0.25) is 0 Å². The van der Waals surface area contributed by atoms with Gasteiger partial charge in [-0.15, -0.1) is 0 Å². The van der Waals surface area contributed by atoms with Crippen LogP contribution in [0.5, 0.6) is 0 Å². The lowest BCUT2D eigenvalue weighted by atomic mass is 10.1. The van der Waals surface area contributed by atoms with Gasteiger partial charge in [-0.25, -0.2) is 4.79 Å². The van der Waals surface area contributed by atoms with Crippen LogP contribution in [-0.2, 0) is 6.54 Å². The van der Waals surface area contributed by atoms with Crippen molar-refractivity contribution in [3.05, 3.63) is 58.6 Å². The Morgan fingerprint density at radius 2 is 1.95 bits per heavy atom. The lowest BCUT2D eigenvalue weighted by molar-refractivity contribution is 0.259. The molecule has 0 aliphatic rings. The minimum absolute atomic E-state index is 0.573. The maximum absolute atomic E-state index is 10.8. The molecular weight excluding hydrogens is 274 g/mol. The van der Waals surface area contributed by atoms with E-state index in [0.29, 0.717) is 12.2 Å². The Bertz CT molecular complexity index is 628. The molecule has 5 heteroatoms. The molecule has 0 saturated heterocycles. The molecule has 0 fully saturated rings. The Balaban J connectivity index is 2.05. The Kier molecular flexibility index (Phi) is 4.48. The molecule has 4 N–H and O–H groups in total. The maximum atomic E-state index is 10.8. The number of nitrogens with two attached hydrogens (primary N) is 1. The number of urea groups is 1. The van der Waals surface area contributed by atoms with Crippen molar-refractivity contribution in [1.82, 2.24) is 0 Å². The largest absolute Gasteiger partial charge is 0.381 e. The Morgan fingerprint density at radius 1 is 1.20 bits per heavy atom. The molecule has 0 aliphatic carbocycles. The van der Waals surface area contributed by atoms with Crippen LogP contribution in [0, 0.1) is 6.92 Å². The number of carbonyl (C=O) groups is 1. The van der Waals surface area contributed by atoms with E-state index in [1.54, 1.807) is 6.07 Å². The first kappa shape index (κ1) is 14.2. The molecule has 2 aromatic rings. The molecule has 0 bridgehead atoms. The number of primary amides is 1. The van der Waals surface area contributed by atoms with E-state index in [2.05, 4.69) is 10.6 Å². The number of nitrogens with one attached hydrogen (secondary N) is 2. The van der Waals surface area contributed by atoms with Crippen LogP contribution < -0.4 is 16.4 Å². The van der Waals surface area contributed by atoms with Crippen molar-refractivity contribution in [2.24, 2.45) is 5.73 Å². The van der Waals surface area contributed by atoms with Gasteiger partial charge in [0.2, 0.25) is 0 Å². The first-order chi connectivity index (χ1) is 9.54. The Labute approximate surface area is 122 Å². The van der Waals surface area contributed by atoms with Crippen molar-refractivity contribution in [1.29, 1.82) is 0 Å². The number of benzene rings is 2. The zero-order chi connectivity index (χ0) is 14.5. The lowest BCUT2D eigenvalue weighted by Crippen LogP contribution is -2.19. The van der Waals surface area contributed by atoms with Crippen molar-refractivity contribution in [2.45, 2.75) is 13.5 Å². The van der Waals surface area contributed by atoms with Gasteiger partial charge in [-0.2, -0.15) is 0 Å². The SMILES string of the molecule is Cc1cc(Cl)ccc1CNc1cccc(NC(N)=O)c1. The molecule has 0 aromatic heterocycles. The highest BCUT2D eigenvalue weighted by atomic mass is 35.5. The Morgan fingerprint density at radius 3 is 2.65 bits per heavy atom. The maximum Gasteiger partial charge on any atom is 0.316 e. The van der Waals surface area contributed by atoms with E-state index in [4.69, 9.17) is 17.3 Å². The number of hydrogen-bond donors (Lipinski definition) is 3. The summed E-state index contributed by atoms with van der Waals surface area (Å²) in [6.45, 7) is 2.71. The molecule has 0 saturated carbocycles. The number of rotatable bonds is 4. The van der Waals surface area contributed by atoms with E-state index in [-0.39, 0.29) is 0 Å². The highest BCUT2D eigenvalue weighted by molar-refractivity contribution is 6.30. The second-order valence-electron chi connectivity index (χ2n) is 4.49. The molecule has 2 aromatic carbocycles. The molecule has 20 heavy (non-hydrogen) atoms. The second kappa shape index (κ2) is 6.30. The number of carbonyl (C=O) groups excluding carboxylic acids is 1. The van der Waals surface area contributed by atoms with Crippen molar-refractivity contribution < 1.29 is 4.79 Å². The zero-order valence-electron chi connectivity index (χ0n) is 11.1. The van der Waals surface area contributed by atoms with Crippen LogP contribution in [0.1, 0.15) is 11.1 Å². The smallest absolute Gasteiger partial charge is 0.316 e. The monoisotopic (exact) mass is 289 g/mol. The van der Waals surface area contributed by atoms with Crippen LogP contribution in [0.3, 0.4) is 0 Å². The molecule has 0 heterocycles. The van der Waals surface area contributed by atoms with E-state index in [1.807, 2.05) is 43.3 Å². The second-order valence-corrected chi connectivity index (χ2v) is 4.93. The van der Waals surface area contributed by atoms with Gasteiger partial charge in [0.25, 0.3) is 0 Å². The van der Waals surface area contributed by atoms with Crippen LogP contribution in [0.25, 0.3) is 0 Å². The van der Waals surface area contributed by atoms with Crippen LogP contribution in [-0.4, -0.2) is 6.03 Å². The molecule has 4 nitrogen and oxygen atoms in total. The number of amides is 2. The number of aryl methyl sites for hydroxylation is 1. The van der Waals surface area contributed by atoms with Gasteiger partial charge in [0.05, 0.1) is 0 Å². The molecule has 0 atom stereocenters. The predicted octanol–water partition coefficient (Wildman–Crippen LogP) is 3.75. The van der Waals surface area contributed by atoms with Gasteiger partial charge in [0, 0.05) is 22.9 Å². The lowest BCUT2D eigenvalue weighted by Gasteiger charge is -2.10. The quantitative estimate of drug-likeness (QED) is 0.802. The molecule has 0 aliphatic heterocycles. The van der Waals surface area contributed by atoms with Crippen molar-refractivity contribution in [3.8, 4) is 0 Å². The van der Waals surface area contributed by atoms with Gasteiger partial charge >= 0.3 is 6.03 Å². The summed E-state index contributed by atoms with van der Waals surface area (Å²) in [5.74, 6) is 0. The molecule has 0 radical (unpaired) electrons. The summed E-state index contributed by atoms with van der Waals surface area (Å²) in [6.07, 6.45) is 0. The van der Waals surface area contributed by atoms with E-state index < -0.39 is 6.03 Å². The van der Waals surface area contributed by atoms with E-state index >= 15 is 0 Å². The highest BCUT2D eigenvalue weighted by Gasteiger charge is 2.01. The fourth-order valence-corrected chi connectivity index (χ4v) is 2.13. The van der Waals surface area contributed by atoms with Crippen molar-refractivity contribution in [2.75, 3.05) is 10.6 Å². The van der Waals surface area contributed by atoms with Gasteiger partial charge in [0.15, 0.2) is 0 Å². The molecule has 0 spiro atoms. The topological polar surface area (TPSA) is 67.2 Å². The predicted molar refractivity (Wildman–Crippen MR) is 83.2 cm³/mol. The van der Waals surface area contributed by atoms with Gasteiger partial charge in [0.1, 0.15) is 0 Å². The summed E-state index contributed by atoms with van der Waals surface area (Å²) < 4.78 is 0. The standard InChI is InChI=1S/C15H16ClN3O/c1-10-7-12(16)6-5-11(10)9-18-13-3-2-4-14(8-13)19-15(17)20/h2-8,18H,9H2,1H3,(H3,17,19,20). The van der Waals surface area contributed by atoms with Crippen LogP contribution >= 0.6 is 11.6 Å². The Hall–Kier alpha value is -2.20. The average Bonchev–Trinajstić information content (AvgIpc) is 2.37. The zero-order valence-corrected chi connectivity index (χ0v) is 11.9. The third kappa shape index (κ3) is 3.90. The number of anilines is 2. The van der Waals surface area contributed by atoms with Crippen LogP contribution in [0.2, 0.25) is 5.02 Å². The normalized spacial score (nSPS) is 10.1. The first-order valence-corrected chi connectivity index (χ1v) is 6.58.